The summed E-state index contributed by atoms with van der Waals surface area (Å²) in [7, 11) is 0. The lowest BCUT2D eigenvalue weighted by atomic mass is 10.0. The number of para-hydroxylation sites is 1. The van der Waals surface area contributed by atoms with Crippen molar-refractivity contribution in [2.75, 3.05) is 5.32 Å². The molecule has 0 saturated heterocycles. The highest BCUT2D eigenvalue weighted by molar-refractivity contribution is 6.31. The standard InChI is InChI=1S/C28H21ClN6O/c1-15-5-3-6-19-16(2)11-24(33-26(15)19)35-27(17(13-30)14-31-35)34-28(36)25-20-7-4-8-22(20)32-23-10-9-18(29)12-21(23)25/h3,5-6,9-12,14H,4,7-8H2,1-2H3,(H,34,36). The number of fused-ring (bicyclic) bond motifs is 3. The van der Waals surface area contributed by atoms with E-state index >= 15 is 0 Å². The van der Waals surface area contributed by atoms with Gasteiger partial charge in [-0.25, -0.2) is 4.98 Å². The minimum atomic E-state index is -0.324. The van der Waals surface area contributed by atoms with Crippen LogP contribution in [0.4, 0.5) is 5.82 Å². The van der Waals surface area contributed by atoms with Gasteiger partial charge in [0.25, 0.3) is 5.91 Å². The molecule has 5 aromatic rings. The number of carbonyl (C=O) groups is 1. The number of rotatable bonds is 3. The van der Waals surface area contributed by atoms with Crippen LogP contribution in [-0.4, -0.2) is 25.7 Å². The molecule has 3 aromatic heterocycles. The van der Waals surface area contributed by atoms with Gasteiger partial charge < -0.3 is 5.32 Å². The van der Waals surface area contributed by atoms with E-state index in [4.69, 9.17) is 21.6 Å². The van der Waals surface area contributed by atoms with E-state index in [1.165, 1.54) is 10.9 Å². The Balaban J connectivity index is 1.50. The van der Waals surface area contributed by atoms with Gasteiger partial charge in [-0.1, -0.05) is 29.8 Å². The van der Waals surface area contributed by atoms with E-state index in [0.717, 1.165) is 58.1 Å². The second-order valence-electron chi connectivity index (χ2n) is 9.08. The molecule has 0 unspecified atom stereocenters. The van der Waals surface area contributed by atoms with Gasteiger partial charge in [0.15, 0.2) is 11.6 Å². The molecule has 1 N–H and O–H groups in total. The maximum atomic E-state index is 13.8. The molecule has 2 aromatic carbocycles. The average molecular weight is 493 g/mol. The summed E-state index contributed by atoms with van der Waals surface area (Å²) in [6.07, 6.45) is 3.98. The molecule has 7 nitrogen and oxygen atoms in total. The lowest BCUT2D eigenvalue weighted by Gasteiger charge is -2.15. The van der Waals surface area contributed by atoms with Crippen molar-refractivity contribution in [3.8, 4) is 11.9 Å². The molecule has 0 atom stereocenters. The van der Waals surface area contributed by atoms with Crippen molar-refractivity contribution in [1.82, 2.24) is 19.7 Å². The minimum absolute atomic E-state index is 0.251. The molecule has 0 fully saturated rings. The first kappa shape index (κ1) is 22.2. The van der Waals surface area contributed by atoms with Gasteiger partial charge in [0.2, 0.25) is 0 Å². The van der Waals surface area contributed by atoms with Crippen molar-refractivity contribution < 1.29 is 4.79 Å². The molecule has 0 spiro atoms. The van der Waals surface area contributed by atoms with Gasteiger partial charge in [0, 0.05) is 21.5 Å². The first-order chi connectivity index (χ1) is 17.4. The zero-order chi connectivity index (χ0) is 25.0. The predicted octanol–water partition coefficient (Wildman–Crippen LogP) is 5.85. The zero-order valence-electron chi connectivity index (χ0n) is 19.8. The Kier molecular flexibility index (Phi) is 5.20. The molecule has 6 rings (SSSR count). The number of amides is 1. The average Bonchev–Trinajstić information content (AvgIpc) is 3.49. The Morgan fingerprint density at radius 1 is 1.08 bits per heavy atom. The molecule has 1 aliphatic carbocycles. The van der Waals surface area contributed by atoms with Gasteiger partial charge in [-0.05, 0) is 74.1 Å². The number of nitrogens with zero attached hydrogens (tertiary/aromatic N) is 5. The van der Waals surface area contributed by atoms with Crippen LogP contribution in [0.25, 0.3) is 27.6 Å². The van der Waals surface area contributed by atoms with Gasteiger partial charge in [0.05, 0.1) is 22.8 Å². The number of aromatic nitrogens is 4. The maximum absolute atomic E-state index is 13.8. The Bertz CT molecular complexity index is 1760. The Hall–Kier alpha value is -4.28. The molecule has 1 aliphatic rings. The Morgan fingerprint density at radius 3 is 2.78 bits per heavy atom. The summed E-state index contributed by atoms with van der Waals surface area (Å²) < 4.78 is 1.52. The minimum Gasteiger partial charge on any atom is -0.305 e. The van der Waals surface area contributed by atoms with Crippen LogP contribution in [0, 0.1) is 25.2 Å². The maximum Gasteiger partial charge on any atom is 0.257 e. The number of pyridine rings is 2. The highest BCUT2D eigenvalue weighted by atomic mass is 35.5. The number of carbonyl (C=O) groups excluding carboxylic acids is 1. The Labute approximate surface area is 212 Å². The monoisotopic (exact) mass is 492 g/mol. The molecule has 36 heavy (non-hydrogen) atoms. The van der Waals surface area contributed by atoms with Crippen LogP contribution < -0.4 is 5.32 Å². The number of benzene rings is 2. The Morgan fingerprint density at radius 2 is 1.94 bits per heavy atom. The summed E-state index contributed by atoms with van der Waals surface area (Å²) >= 11 is 6.29. The van der Waals surface area contributed by atoms with Gasteiger partial charge in [-0.2, -0.15) is 15.0 Å². The molecule has 1 amide bonds. The summed E-state index contributed by atoms with van der Waals surface area (Å²) in [6, 6.07) is 15.5. The summed E-state index contributed by atoms with van der Waals surface area (Å²) in [5.41, 5.74) is 6.30. The van der Waals surface area contributed by atoms with Crippen LogP contribution in [0.1, 0.15) is 44.7 Å². The lowest BCUT2D eigenvalue weighted by molar-refractivity contribution is 0.102. The largest absolute Gasteiger partial charge is 0.305 e. The molecule has 176 valence electrons. The van der Waals surface area contributed by atoms with Gasteiger partial charge >= 0.3 is 0 Å². The van der Waals surface area contributed by atoms with E-state index in [-0.39, 0.29) is 17.3 Å². The van der Waals surface area contributed by atoms with E-state index in [1.54, 1.807) is 12.1 Å². The number of aryl methyl sites for hydroxylation is 3. The van der Waals surface area contributed by atoms with E-state index in [2.05, 4.69) is 16.5 Å². The second-order valence-corrected chi connectivity index (χ2v) is 9.52. The van der Waals surface area contributed by atoms with Gasteiger partial charge in [0.1, 0.15) is 11.6 Å². The fourth-order valence-corrected chi connectivity index (χ4v) is 5.21. The first-order valence-electron chi connectivity index (χ1n) is 11.7. The quantitative estimate of drug-likeness (QED) is 0.340. The summed E-state index contributed by atoms with van der Waals surface area (Å²) in [4.78, 5) is 23.4. The highest BCUT2D eigenvalue weighted by Crippen LogP contribution is 2.33. The van der Waals surface area contributed by atoms with Crippen molar-refractivity contribution in [1.29, 1.82) is 5.26 Å². The molecule has 0 radical (unpaired) electrons. The van der Waals surface area contributed by atoms with Crippen LogP contribution in [-0.2, 0) is 12.8 Å². The lowest BCUT2D eigenvalue weighted by Crippen LogP contribution is -2.19. The zero-order valence-corrected chi connectivity index (χ0v) is 20.5. The number of halogens is 1. The van der Waals surface area contributed by atoms with Crippen LogP contribution in [0.5, 0.6) is 0 Å². The fourth-order valence-electron chi connectivity index (χ4n) is 5.04. The topological polar surface area (TPSA) is 96.5 Å². The number of hydrogen-bond donors (Lipinski definition) is 1. The normalized spacial score (nSPS) is 12.6. The van der Waals surface area contributed by atoms with E-state index in [1.807, 2.05) is 44.2 Å². The van der Waals surface area contributed by atoms with Crippen LogP contribution in [0.2, 0.25) is 5.02 Å². The third-order valence-corrected chi connectivity index (χ3v) is 7.01. The van der Waals surface area contributed by atoms with Crippen LogP contribution in [0.15, 0.2) is 48.7 Å². The molecule has 8 heteroatoms. The van der Waals surface area contributed by atoms with E-state index in [0.29, 0.717) is 21.8 Å². The number of hydrogen-bond acceptors (Lipinski definition) is 5. The SMILES string of the molecule is Cc1cc(-n2ncc(C#N)c2NC(=O)c2c3c(nc4ccc(Cl)cc24)CCC3)nc2c(C)cccc12. The van der Waals surface area contributed by atoms with Crippen molar-refractivity contribution in [2.45, 2.75) is 33.1 Å². The summed E-state index contributed by atoms with van der Waals surface area (Å²) in [5, 5.41) is 19.5. The van der Waals surface area contributed by atoms with Crippen molar-refractivity contribution in [3.63, 3.8) is 0 Å². The third kappa shape index (κ3) is 3.50. The molecule has 0 saturated carbocycles. The number of nitrogens with one attached hydrogen (secondary N) is 1. The number of nitriles is 1. The van der Waals surface area contributed by atoms with Crippen LogP contribution in [0.3, 0.4) is 0 Å². The van der Waals surface area contributed by atoms with Gasteiger partial charge in [-0.15, -0.1) is 0 Å². The molecule has 0 aliphatic heterocycles. The molecule has 0 bridgehead atoms. The number of anilines is 1. The van der Waals surface area contributed by atoms with Crippen LogP contribution >= 0.6 is 11.6 Å². The smallest absolute Gasteiger partial charge is 0.257 e. The summed E-state index contributed by atoms with van der Waals surface area (Å²) in [6.45, 7) is 4.02. The predicted molar refractivity (Wildman–Crippen MR) is 140 cm³/mol. The second kappa shape index (κ2) is 8.43. The molecular formula is C28H21ClN6O. The highest BCUT2D eigenvalue weighted by Gasteiger charge is 2.26. The molecular weight excluding hydrogens is 472 g/mol. The van der Waals surface area contributed by atoms with E-state index < -0.39 is 0 Å². The fraction of sp³-hybridized carbons (Fsp3) is 0.179. The first-order valence-corrected chi connectivity index (χ1v) is 12.1. The van der Waals surface area contributed by atoms with Gasteiger partial charge in [-0.3, -0.25) is 9.78 Å². The van der Waals surface area contributed by atoms with E-state index in [9.17, 15) is 10.1 Å². The van der Waals surface area contributed by atoms with Crippen molar-refractivity contribution in [2.24, 2.45) is 0 Å². The summed E-state index contributed by atoms with van der Waals surface area (Å²) in [5.74, 6) is 0.481. The van der Waals surface area contributed by atoms with Crippen molar-refractivity contribution >= 4 is 45.1 Å². The van der Waals surface area contributed by atoms with Crippen molar-refractivity contribution in [3.05, 3.63) is 87.2 Å². The molecule has 3 heterocycles. The third-order valence-electron chi connectivity index (χ3n) is 6.77.